The number of aliphatic hydroxyl groups excluding tert-OH is 2. The predicted molar refractivity (Wildman–Crippen MR) is 246 cm³/mol. The van der Waals surface area contributed by atoms with Crippen LogP contribution in [0.25, 0.3) is 0 Å². The highest BCUT2D eigenvalue weighted by molar-refractivity contribution is 5.77. The van der Waals surface area contributed by atoms with E-state index in [4.69, 9.17) is 4.74 Å². The molecular weight excluding hydrogens is 707 g/mol. The number of hydrogen-bond acceptors (Lipinski definition) is 5. The summed E-state index contributed by atoms with van der Waals surface area (Å²) in [6, 6.07) is -0.690. The zero-order valence-electron chi connectivity index (χ0n) is 38.8. The Balaban J connectivity index is 4.50. The minimum Gasteiger partial charge on any atom is -0.462 e. The minimum absolute atomic E-state index is 0.0876. The quantitative estimate of drug-likeness (QED) is 0.0420. The maximum atomic E-state index is 13.2. The first-order chi connectivity index (χ1) is 28.0. The molecule has 0 saturated carbocycles. The summed E-state index contributed by atoms with van der Waals surface area (Å²) >= 11 is 0. The Morgan fingerprint density at radius 3 is 1.07 bits per heavy atom. The fourth-order valence-corrected chi connectivity index (χ4v) is 8.26. The number of esters is 1. The van der Waals surface area contributed by atoms with Gasteiger partial charge >= 0.3 is 5.97 Å². The van der Waals surface area contributed by atoms with Gasteiger partial charge in [-0.25, -0.2) is 0 Å². The molecule has 3 N–H and O–H groups in total. The van der Waals surface area contributed by atoms with Crippen LogP contribution in [0.4, 0.5) is 0 Å². The lowest BCUT2D eigenvalue weighted by molar-refractivity contribution is -0.151. The zero-order chi connectivity index (χ0) is 41.7. The van der Waals surface area contributed by atoms with Gasteiger partial charge in [0.05, 0.1) is 25.2 Å². The topological polar surface area (TPSA) is 95.9 Å². The van der Waals surface area contributed by atoms with Gasteiger partial charge in [-0.15, -0.1) is 0 Å². The third-order valence-corrected chi connectivity index (χ3v) is 12.2. The van der Waals surface area contributed by atoms with E-state index in [0.717, 1.165) is 44.9 Å². The average molecular weight is 808 g/mol. The van der Waals surface area contributed by atoms with Gasteiger partial charge in [-0.3, -0.25) is 9.59 Å². The fraction of sp³-hybridized carbons (Fsp3) is 0.961. The Kier molecular flexibility index (Phi) is 45.0. The highest BCUT2D eigenvalue weighted by Gasteiger charge is 2.24. The number of ether oxygens (including phenoxy) is 1. The van der Waals surface area contributed by atoms with E-state index in [1.807, 2.05) is 0 Å². The predicted octanol–water partition coefficient (Wildman–Crippen LogP) is 15.2. The van der Waals surface area contributed by atoms with Gasteiger partial charge < -0.3 is 20.3 Å². The largest absolute Gasteiger partial charge is 0.462 e. The van der Waals surface area contributed by atoms with Gasteiger partial charge in [0.25, 0.3) is 0 Å². The number of unbranched alkanes of at least 4 members (excludes halogenated alkanes) is 35. The van der Waals surface area contributed by atoms with E-state index in [9.17, 15) is 19.8 Å². The standard InChI is InChI=1S/C51H101NO5/c1-4-7-10-13-16-19-21-23-24-25-26-27-28-31-33-36-39-42-47(57-51(56)44-41-38-35-32-29-22-20-17-14-11-8-5-2)45-50(55)52-48(46-53)49(54)43-40-37-34-30-18-15-12-9-6-3/h47-49,53-54H,4-46H2,1-3H3,(H,52,55). The van der Waals surface area contributed by atoms with E-state index in [1.165, 1.54) is 199 Å². The van der Waals surface area contributed by atoms with E-state index in [0.29, 0.717) is 19.3 Å². The van der Waals surface area contributed by atoms with Crippen molar-refractivity contribution in [3.05, 3.63) is 0 Å². The van der Waals surface area contributed by atoms with E-state index >= 15 is 0 Å². The Morgan fingerprint density at radius 2 is 0.737 bits per heavy atom. The van der Waals surface area contributed by atoms with Gasteiger partial charge in [-0.05, 0) is 25.7 Å². The molecule has 0 fully saturated rings. The van der Waals surface area contributed by atoms with E-state index in [-0.39, 0.29) is 24.9 Å². The van der Waals surface area contributed by atoms with Crippen molar-refractivity contribution in [1.29, 1.82) is 0 Å². The smallest absolute Gasteiger partial charge is 0.306 e. The SMILES string of the molecule is CCCCCCCCCCCCCCCCCCCC(CC(=O)NC(CO)C(O)CCCCCCCCCCC)OC(=O)CCCCCCCCCCCCCC. The van der Waals surface area contributed by atoms with Crippen molar-refractivity contribution < 1.29 is 24.5 Å². The summed E-state index contributed by atoms with van der Waals surface area (Å²) in [6.07, 6.45) is 48.8. The van der Waals surface area contributed by atoms with Crippen molar-refractivity contribution in [2.24, 2.45) is 0 Å². The molecule has 3 unspecified atom stereocenters. The summed E-state index contributed by atoms with van der Waals surface area (Å²) in [4.78, 5) is 26.1. The summed E-state index contributed by atoms with van der Waals surface area (Å²) < 4.78 is 5.93. The molecule has 1 amide bonds. The van der Waals surface area contributed by atoms with Crippen molar-refractivity contribution in [3.63, 3.8) is 0 Å². The lowest BCUT2D eigenvalue weighted by Crippen LogP contribution is -2.46. The molecule has 0 aromatic heterocycles. The molecule has 57 heavy (non-hydrogen) atoms. The van der Waals surface area contributed by atoms with Crippen molar-refractivity contribution in [1.82, 2.24) is 5.32 Å². The van der Waals surface area contributed by atoms with Crippen molar-refractivity contribution in [2.45, 2.75) is 309 Å². The minimum atomic E-state index is -0.777. The molecule has 3 atom stereocenters. The Bertz CT molecular complexity index is 821. The van der Waals surface area contributed by atoms with Gasteiger partial charge in [0.1, 0.15) is 6.10 Å². The van der Waals surface area contributed by atoms with Crippen molar-refractivity contribution >= 4 is 11.9 Å². The molecule has 0 aliphatic rings. The van der Waals surface area contributed by atoms with Crippen LogP contribution in [-0.4, -0.2) is 46.9 Å². The molecule has 340 valence electrons. The molecule has 0 aliphatic carbocycles. The molecule has 0 heterocycles. The molecule has 6 heteroatoms. The molecule has 0 aromatic rings. The molecule has 0 aromatic carbocycles. The number of rotatable bonds is 47. The summed E-state index contributed by atoms with van der Waals surface area (Å²) in [6.45, 7) is 6.49. The molecule has 0 aliphatic heterocycles. The molecule has 0 radical (unpaired) electrons. The zero-order valence-corrected chi connectivity index (χ0v) is 38.8. The first-order valence-electron chi connectivity index (χ1n) is 25.8. The normalized spacial score (nSPS) is 13.1. The van der Waals surface area contributed by atoms with Crippen LogP contribution in [0, 0.1) is 0 Å². The first-order valence-corrected chi connectivity index (χ1v) is 25.8. The maximum absolute atomic E-state index is 13.2. The molecule has 0 spiro atoms. The van der Waals surface area contributed by atoms with Gasteiger partial charge in [-0.2, -0.15) is 0 Å². The molecule has 0 rings (SSSR count). The number of nitrogens with one attached hydrogen (secondary N) is 1. The number of amides is 1. The Hall–Kier alpha value is -1.14. The van der Waals surface area contributed by atoms with E-state index in [1.54, 1.807) is 0 Å². The summed E-state index contributed by atoms with van der Waals surface area (Å²) in [7, 11) is 0. The summed E-state index contributed by atoms with van der Waals surface area (Å²) in [5, 5.41) is 23.7. The van der Waals surface area contributed by atoms with Gasteiger partial charge in [-0.1, -0.05) is 252 Å². The lowest BCUT2D eigenvalue weighted by atomic mass is 10.0. The van der Waals surface area contributed by atoms with Crippen molar-refractivity contribution in [2.75, 3.05) is 6.61 Å². The van der Waals surface area contributed by atoms with Crippen LogP contribution < -0.4 is 5.32 Å². The van der Waals surface area contributed by atoms with E-state index < -0.39 is 18.2 Å². The second kappa shape index (κ2) is 45.9. The third-order valence-electron chi connectivity index (χ3n) is 12.2. The average Bonchev–Trinajstić information content (AvgIpc) is 3.20. The Morgan fingerprint density at radius 1 is 0.439 bits per heavy atom. The van der Waals surface area contributed by atoms with Crippen LogP contribution in [0.5, 0.6) is 0 Å². The van der Waals surface area contributed by atoms with Gasteiger partial charge in [0.15, 0.2) is 0 Å². The second-order valence-electron chi connectivity index (χ2n) is 17.9. The molecule has 6 nitrogen and oxygen atoms in total. The highest BCUT2D eigenvalue weighted by atomic mass is 16.5. The number of carbonyl (C=O) groups excluding carboxylic acids is 2. The van der Waals surface area contributed by atoms with Crippen LogP contribution >= 0.6 is 0 Å². The monoisotopic (exact) mass is 808 g/mol. The molecule has 0 saturated heterocycles. The third kappa shape index (κ3) is 41.4. The fourth-order valence-electron chi connectivity index (χ4n) is 8.26. The van der Waals surface area contributed by atoms with E-state index in [2.05, 4.69) is 26.1 Å². The number of aliphatic hydroxyl groups is 2. The number of hydrogen-bond donors (Lipinski definition) is 3. The van der Waals surface area contributed by atoms with Crippen molar-refractivity contribution in [3.8, 4) is 0 Å². The molecule has 0 bridgehead atoms. The van der Waals surface area contributed by atoms with Gasteiger partial charge in [0, 0.05) is 6.42 Å². The lowest BCUT2D eigenvalue weighted by Gasteiger charge is -2.24. The summed E-state index contributed by atoms with van der Waals surface area (Å²) in [5.74, 6) is -0.453. The van der Waals surface area contributed by atoms with Crippen LogP contribution in [-0.2, 0) is 14.3 Å². The Labute approximate surface area is 356 Å². The number of carbonyl (C=O) groups is 2. The van der Waals surface area contributed by atoms with Crippen LogP contribution in [0.1, 0.15) is 290 Å². The van der Waals surface area contributed by atoms with Crippen LogP contribution in [0.3, 0.4) is 0 Å². The van der Waals surface area contributed by atoms with Crippen LogP contribution in [0.15, 0.2) is 0 Å². The first kappa shape index (κ1) is 55.9. The van der Waals surface area contributed by atoms with Crippen LogP contribution in [0.2, 0.25) is 0 Å². The molecular formula is C51H101NO5. The van der Waals surface area contributed by atoms with Gasteiger partial charge in [0.2, 0.25) is 5.91 Å². The second-order valence-corrected chi connectivity index (χ2v) is 17.9. The maximum Gasteiger partial charge on any atom is 0.306 e. The highest BCUT2D eigenvalue weighted by Crippen LogP contribution is 2.19. The summed E-state index contributed by atoms with van der Waals surface area (Å²) in [5.41, 5.74) is 0.